The van der Waals surface area contributed by atoms with Crippen molar-refractivity contribution in [3.63, 3.8) is 0 Å². The molecule has 0 aromatic heterocycles. The number of piperidine rings is 1. The molecule has 4 aliphatic rings. The van der Waals surface area contributed by atoms with Crippen molar-refractivity contribution in [3.05, 3.63) is 23.3 Å². The number of hydrogen-bond donors (Lipinski definition) is 1. The number of benzene rings is 1. The van der Waals surface area contributed by atoms with Crippen molar-refractivity contribution < 1.29 is 19.0 Å². The van der Waals surface area contributed by atoms with Crippen LogP contribution in [0.15, 0.2) is 12.1 Å². The van der Waals surface area contributed by atoms with Crippen LogP contribution in [0.2, 0.25) is 0 Å². The molecule has 27 heavy (non-hydrogen) atoms. The molecule has 0 radical (unpaired) electrons. The third-order valence-electron chi connectivity index (χ3n) is 7.39. The fourth-order valence-corrected chi connectivity index (χ4v) is 6.38. The minimum Gasteiger partial charge on any atom is -0.493 e. The maximum atomic E-state index is 13.2. The summed E-state index contributed by atoms with van der Waals surface area (Å²) in [5.41, 5.74) is 0.742. The van der Waals surface area contributed by atoms with Gasteiger partial charge >= 0.3 is 0 Å². The summed E-state index contributed by atoms with van der Waals surface area (Å²) in [5, 5.41) is 3.72. The molecule has 1 saturated heterocycles. The van der Waals surface area contributed by atoms with Crippen molar-refractivity contribution in [2.24, 2.45) is 0 Å². The van der Waals surface area contributed by atoms with E-state index in [9.17, 15) is 4.79 Å². The van der Waals surface area contributed by atoms with Gasteiger partial charge in [0.25, 0.3) is 0 Å². The summed E-state index contributed by atoms with van der Waals surface area (Å²) in [6, 6.07) is 4.34. The Morgan fingerprint density at radius 3 is 2.89 bits per heavy atom. The first-order valence-electron chi connectivity index (χ1n) is 9.84. The van der Waals surface area contributed by atoms with Crippen molar-refractivity contribution in [2.45, 2.75) is 68.6 Å². The molecule has 0 amide bonds. The minimum atomic E-state index is -0.883. The molecule has 6 heteroatoms. The average Bonchev–Trinajstić information content (AvgIpc) is 2.91. The zero-order valence-corrected chi connectivity index (χ0v) is 17.0. The van der Waals surface area contributed by atoms with Crippen molar-refractivity contribution in [1.29, 1.82) is 0 Å². The van der Waals surface area contributed by atoms with Gasteiger partial charge in [0.2, 0.25) is 0 Å². The van der Waals surface area contributed by atoms with Crippen LogP contribution in [-0.2, 0) is 21.4 Å². The number of ketones is 1. The number of carbonyl (C=O) groups excluding carboxylic acids is 1. The molecule has 2 bridgehead atoms. The van der Waals surface area contributed by atoms with Crippen molar-refractivity contribution in [1.82, 2.24) is 5.32 Å². The Labute approximate surface area is 166 Å². The number of carbonyl (C=O) groups is 1. The van der Waals surface area contributed by atoms with E-state index in [4.69, 9.17) is 14.2 Å². The Balaban J connectivity index is 0.00000180. The highest BCUT2D eigenvalue weighted by atomic mass is 35.5. The monoisotopic (exact) mass is 393 g/mol. The van der Waals surface area contributed by atoms with E-state index in [-0.39, 0.29) is 24.2 Å². The summed E-state index contributed by atoms with van der Waals surface area (Å²) in [5.74, 6) is 1.69. The van der Waals surface area contributed by atoms with Crippen LogP contribution in [-0.4, -0.2) is 43.3 Å². The van der Waals surface area contributed by atoms with E-state index in [1.165, 1.54) is 11.1 Å². The second kappa shape index (κ2) is 6.10. The zero-order chi connectivity index (χ0) is 18.2. The standard InChI is InChI=1S/C21H27NO4.ClH/c1-4-11-25-21-8-7-16(23)19(2)20(21)9-10-22-15(21)12-13-5-6-14(24-3)18(26-19)17(13)20;/h5-6,15,22H,4,7-12H2,1-3H3;1H/t15-,19?,20+,21-;/m1./s1. The zero-order valence-electron chi connectivity index (χ0n) is 16.2. The highest BCUT2D eigenvalue weighted by molar-refractivity contribution is 5.94. The fraction of sp³-hybridized carbons (Fsp3) is 0.667. The Kier molecular flexibility index (Phi) is 4.30. The van der Waals surface area contributed by atoms with Gasteiger partial charge in [-0.2, -0.15) is 0 Å². The Bertz CT molecular complexity index is 799. The summed E-state index contributed by atoms with van der Waals surface area (Å²) >= 11 is 0. The Hall–Kier alpha value is -1.30. The maximum Gasteiger partial charge on any atom is 0.177 e. The van der Waals surface area contributed by atoms with Crippen molar-refractivity contribution in [2.75, 3.05) is 20.3 Å². The van der Waals surface area contributed by atoms with E-state index in [1.54, 1.807) is 7.11 Å². The Morgan fingerprint density at radius 1 is 1.33 bits per heavy atom. The number of methoxy groups -OCH3 is 1. The number of rotatable bonds is 4. The van der Waals surface area contributed by atoms with Crippen LogP contribution in [0.4, 0.5) is 0 Å². The van der Waals surface area contributed by atoms with Crippen molar-refractivity contribution >= 4 is 18.2 Å². The lowest BCUT2D eigenvalue weighted by atomic mass is 9.45. The first kappa shape index (κ1) is 19.0. The molecule has 148 valence electrons. The van der Waals surface area contributed by atoms with Gasteiger partial charge in [-0.15, -0.1) is 12.4 Å². The van der Waals surface area contributed by atoms with E-state index in [0.717, 1.165) is 43.7 Å². The topological polar surface area (TPSA) is 56.8 Å². The molecule has 2 fully saturated rings. The van der Waals surface area contributed by atoms with Crippen LogP contribution in [0.25, 0.3) is 0 Å². The second-order valence-electron chi connectivity index (χ2n) is 8.29. The van der Waals surface area contributed by atoms with Crippen LogP contribution in [0.3, 0.4) is 0 Å². The molecule has 5 rings (SSSR count). The number of hydrogen-bond acceptors (Lipinski definition) is 5. The third-order valence-corrected chi connectivity index (χ3v) is 7.39. The van der Waals surface area contributed by atoms with Gasteiger partial charge in [-0.05, 0) is 50.8 Å². The summed E-state index contributed by atoms with van der Waals surface area (Å²) in [6.45, 7) is 5.72. The summed E-state index contributed by atoms with van der Waals surface area (Å²) in [7, 11) is 1.67. The van der Waals surface area contributed by atoms with Gasteiger partial charge in [0.15, 0.2) is 22.9 Å². The molecule has 2 aliphatic carbocycles. The van der Waals surface area contributed by atoms with E-state index >= 15 is 0 Å². The van der Waals surface area contributed by atoms with Crippen LogP contribution in [0, 0.1) is 0 Å². The number of ether oxygens (including phenoxy) is 3. The van der Waals surface area contributed by atoms with Gasteiger partial charge in [-0.1, -0.05) is 13.0 Å². The quantitative estimate of drug-likeness (QED) is 0.852. The normalized spacial score (nSPS) is 37.9. The molecule has 2 heterocycles. The number of Topliss-reactive ketones (excluding diaryl/α,β-unsaturated/α-hetero) is 1. The molecule has 5 nitrogen and oxygen atoms in total. The van der Waals surface area contributed by atoms with Gasteiger partial charge in [-0.3, -0.25) is 4.79 Å². The van der Waals surface area contributed by atoms with E-state index in [1.807, 2.05) is 13.0 Å². The molecule has 1 aromatic carbocycles. The van der Waals surface area contributed by atoms with Crippen molar-refractivity contribution in [3.8, 4) is 11.5 Å². The first-order valence-corrected chi connectivity index (χ1v) is 9.84. The van der Waals surface area contributed by atoms with Crippen LogP contribution in [0.1, 0.15) is 50.7 Å². The number of nitrogens with one attached hydrogen (secondary N) is 1. The maximum absolute atomic E-state index is 13.2. The molecule has 2 aliphatic heterocycles. The fourth-order valence-electron chi connectivity index (χ4n) is 6.38. The third kappa shape index (κ3) is 1.95. The molecule has 1 spiro atoms. The average molecular weight is 394 g/mol. The predicted molar refractivity (Wildman–Crippen MR) is 104 cm³/mol. The van der Waals surface area contributed by atoms with Gasteiger partial charge in [0.1, 0.15) is 0 Å². The van der Waals surface area contributed by atoms with Gasteiger partial charge in [0.05, 0.1) is 18.1 Å². The van der Waals surface area contributed by atoms with Crippen LogP contribution >= 0.6 is 12.4 Å². The molecule has 4 atom stereocenters. The number of halogens is 1. The van der Waals surface area contributed by atoms with Crippen LogP contribution < -0.4 is 14.8 Å². The SMILES string of the molecule is CCCO[C@@]12CCC(=O)C3(C)Oc4c(OC)ccc5c4[C@@]31CCN[C@@H]2C5.Cl. The predicted octanol–water partition coefficient (Wildman–Crippen LogP) is 2.95. The molecular formula is C21H28ClNO4. The molecule has 1 N–H and O–H groups in total. The van der Waals surface area contributed by atoms with E-state index < -0.39 is 16.6 Å². The van der Waals surface area contributed by atoms with Gasteiger partial charge in [-0.25, -0.2) is 0 Å². The summed E-state index contributed by atoms with van der Waals surface area (Å²) in [6.07, 6.45) is 3.99. The highest BCUT2D eigenvalue weighted by Crippen LogP contribution is 2.68. The summed E-state index contributed by atoms with van der Waals surface area (Å²) < 4.78 is 18.8. The minimum absolute atomic E-state index is 0. The van der Waals surface area contributed by atoms with Gasteiger partial charge < -0.3 is 19.5 Å². The molecular weight excluding hydrogens is 366 g/mol. The highest BCUT2D eigenvalue weighted by Gasteiger charge is 2.77. The molecule has 1 saturated carbocycles. The lowest BCUT2D eigenvalue weighted by Crippen LogP contribution is -2.80. The summed E-state index contributed by atoms with van der Waals surface area (Å²) in [4.78, 5) is 13.2. The lowest BCUT2D eigenvalue weighted by molar-refractivity contribution is -0.209. The molecule has 1 unspecified atom stereocenters. The first-order chi connectivity index (χ1) is 12.5. The lowest BCUT2D eigenvalue weighted by Gasteiger charge is -2.64. The van der Waals surface area contributed by atoms with E-state index in [0.29, 0.717) is 13.0 Å². The van der Waals surface area contributed by atoms with Gasteiger partial charge in [0, 0.05) is 24.6 Å². The molecule has 1 aromatic rings. The van der Waals surface area contributed by atoms with Crippen LogP contribution in [0.5, 0.6) is 11.5 Å². The largest absolute Gasteiger partial charge is 0.493 e. The van der Waals surface area contributed by atoms with E-state index in [2.05, 4.69) is 18.3 Å². The smallest absolute Gasteiger partial charge is 0.177 e. The second-order valence-corrected chi connectivity index (χ2v) is 8.29. The Morgan fingerprint density at radius 2 is 2.15 bits per heavy atom.